The van der Waals surface area contributed by atoms with E-state index in [1.54, 1.807) is 6.20 Å². The first kappa shape index (κ1) is 17.3. The molecule has 23 heavy (non-hydrogen) atoms. The lowest BCUT2D eigenvalue weighted by atomic mass is 10.2. The summed E-state index contributed by atoms with van der Waals surface area (Å²) < 4.78 is 1.84. The summed E-state index contributed by atoms with van der Waals surface area (Å²) in [4.78, 5) is 30.0. The number of carbonyl (C=O) groups excluding carboxylic acids is 2. The zero-order valence-corrected chi connectivity index (χ0v) is 14.1. The Morgan fingerprint density at radius 2 is 1.74 bits per heavy atom. The van der Waals surface area contributed by atoms with Gasteiger partial charge in [-0.05, 0) is 26.3 Å². The van der Waals surface area contributed by atoms with Gasteiger partial charge >= 0.3 is 6.03 Å². The Bertz CT molecular complexity index is 491. The van der Waals surface area contributed by atoms with Crippen molar-refractivity contribution >= 4 is 11.9 Å². The van der Waals surface area contributed by atoms with Gasteiger partial charge in [-0.1, -0.05) is 0 Å². The van der Waals surface area contributed by atoms with Crippen LogP contribution in [0.15, 0.2) is 18.5 Å². The molecule has 1 saturated heterocycles. The largest absolute Gasteiger partial charge is 0.339 e. The Labute approximate surface area is 137 Å². The minimum absolute atomic E-state index is 0.0841. The van der Waals surface area contributed by atoms with E-state index in [0.717, 1.165) is 26.1 Å². The van der Waals surface area contributed by atoms with Crippen molar-refractivity contribution in [2.24, 2.45) is 0 Å². The van der Waals surface area contributed by atoms with Gasteiger partial charge in [0, 0.05) is 64.6 Å². The Kier molecular flexibility index (Phi) is 6.43. The Morgan fingerprint density at radius 3 is 2.30 bits per heavy atom. The molecule has 0 bridgehead atoms. The van der Waals surface area contributed by atoms with Crippen molar-refractivity contribution in [3.63, 3.8) is 0 Å². The molecule has 7 nitrogen and oxygen atoms in total. The van der Waals surface area contributed by atoms with E-state index in [1.165, 1.54) is 0 Å². The zero-order chi connectivity index (χ0) is 16.7. The molecule has 1 aliphatic rings. The fourth-order valence-corrected chi connectivity index (χ4v) is 2.82. The molecule has 1 fully saturated rings. The molecule has 1 aromatic rings. The second-order valence-electron chi connectivity index (χ2n) is 5.70. The Morgan fingerprint density at radius 1 is 1.09 bits per heavy atom. The fraction of sp³-hybridized carbons (Fsp3) is 0.688. The molecule has 0 aromatic carbocycles. The van der Waals surface area contributed by atoms with E-state index in [-0.39, 0.29) is 11.9 Å². The van der Waals surface area contributed by atoms with E-state index in [1.807, 2.05) is 45.5 Å². The topological polar surface area (TPSA) is 61.7 Å². The third-order valence-electron chi connectivity index (χ3n) is 4.27. The highest BCUT2D eigenvalue weighted by atomic mass is 16.2. The highest BCUT2D eigenvalue weighted by Crippen LogP contribution is 2.08. The molecule has 7 heteroatoms. The lowest BCUT2D eigenvalue weighted by Gasteiger charge is -2.37. The molecule has 2 rings (SSSR count). The van der Waals surface area contributed by atoms with Gasteiger partial charge in [-0.3, -0.25) is 9.48 Å². The number of aryl methyl sites for hydroxylation is 1. The maximum atomic E-state index is 12.3. The summed E-state index contributed by atoms with van der Waals surface area (Å²) in [5.74, 6) is 0.173. The van der Waals surface area contributed by atoms with Crippen molar-refractivity contribution in [2.75, 3.05) is 39.3 Å². The van der Waals surface area contributed by atoms with Crippen molar-refractivity contribution in [2.45, 2.75) is 33.2 Å². The molecule has 3 amide bonds. The molecule has 2 heterocycles. The molecule has 0 radical (unpaired) electrons. The van der Waals surface area contributed by atoms with Crippen LogP contribution in [-0.2, 0) is 11.3 Å². The van der Waals surface area contributed by atoms with Crippen LogP contribution in [0.2, 0.25) is 0 Å². The Hall–Kier alpha value is -2.05. The van der Waals surface area contributed by atoms with Crippen molar-refractivity contribution in [1.29, 1.82) is 0 Å². The number of nitrogens with zero attached hydrogens (tertiary/aromatic N) is 5. The highest BCUT2D eigenvalue weighted by Gasteiger charge is 2.25. The van der Waals surface area contributed by atoms with Crippen LogP contribution < -0.4 is 0 Å². The van der Waals surface area contributed by atoms with Crippen LogP contribution in [0.1, 0.15) is 26.7 Å². The van der Waals surface area contributed by atoms with Gasteiger partial charge in [0.1, 0.15) is 0 Å². The Balaban J connectivity index is 1.71. The summed E-state index contributed by atoms with van der Waals surface area (Å²) in [6.07, 6.45) is 4.97. The van der Waals surface area contributed by atoms with Crippen LogP contribution >= 0.6 is 0 Å². The molecule has 1 aromatic heterocycles. The van der Waals surface area contributed by atoms with Crippen LogP contribution in [0.25, 0.3) is 0 Å². The number of aromatic nitrogens is 2. The van der Waals surface area contributed by atoms with Gasteiger partial charge in [0.15, 0.2) is 0 Å². The first-order valence-corrected chi connectivity index (χ1v) is 8.44. The number of urea groups is 1. The predicted octanol–water partition coefficient (Wildman–Crippen LogP) is 1.27. The van der Waals surface area contributed by atoms with Crippen molar-refractivity contribution in [1.82, 2.24) is 24.5 Å². The number of hydrogen-bond acceptors (Lipinski definition) is 3. The van der Waals surface area contributed by atoms with E-state index in [0.29, 0.717) is 32.6 Å². The summed E-state index contributed by atoms with van der Waals surface area (Å²) in [5, 5.41) is 4.13. The average Bonchev–Trinajstić information content (AvgIpc) is 3.09. The molecule has 0 saturated carbocycles. The maximum Gasteiger partial charge on any atom is 0.320 e. The van der Waals surface area contributed by atoms with Crippen LogP contribution in [-0.4, -0.2) is 75.7 Å². The lowest BCUT2D eigenvalue weighted by molar-refractivity contribution is -0.132. The van der Waals surface area contributed by atoms with E-state index in [9.17, 15) is 9.59 Å². The summed E-state index contributed by atoms with van der Waals surface area (Å²) >= 11 is 0. The normalized spacial score (nSPS) is 14.9. The van der Waals surface area contributed by atoms with Crippen molar-refractivity contribution in [3.8, 4) is 0 Å². The quantitative estimate of drug-likeness (QED) is 0.793. The molecular formula is C16H27N5O2. The van der Waals surface area contributed by atoms with Crippen molar-refractivity contribution in [3.05, 3.63) is 18.5 Å². The van der Waals surface area contributed by atoms with E-state index < -0.39 is 0 Å². The summed E-state index contributed by atoms with van der Waals surface area (Å²) in [7, 11) is 0. The smallest absolute Gasteiger partial charge is 0.320 e. The standard InChI is InChI=1S/C16H27N5O2/c1-3-18(4-2)16(23)20-13-11-19(12-14-20)15(22)7-5-9-21-10-6-8-17-21/h6,8,10H,3-5,7,9,11-14H2,1-2H3. The first-order valence-electron chi connectivity index (χ1n) is 8.44. The molecule has 0 N–H and O–H groups in total. The van der Waals surface area contributed by atoms with Crippen molar-refractivity contribution < 1.29 is 9.59 Å². The highest BCUT2D eigenvalue weighted by molar-refractivity contribution is 5.77. The number of carbonyl (C=O) groups is 2. The minimum atomic E-state index is 0.0841. The zero-order valence-electron chi connectivity index (χ0n) is 14.1. The van der Waals surface area contributed by atoms with Crippen LogP contribution in [0.4, 0.5) is 4.79 Å². The molecule has 0 unspecified atom stereocenters. The lowest BCUT2D eigenvalue weighted by Crippen LogP contribution is -2.54. The van der Waals surface area contributed by atoms with Gasteiger partial charge in [0.2, 0.25) is 5.91 Å². The molecule has 1 aliphatic heterocycles. The molecule has 0 spiro atoms. The second kappa shape index (κ2) is 8.55. The van der Waals surface area contributed by atoms with Crippen LogP contribution in [0, 0.1) is 0 Å². The average molecular weight is 321 g/mol. The second-order valence-corrected chi connectivity index (χ2v) is 5.70. The van der Waals surface area contributed by atoms with Crippen LogP contribution in [0.3, 0.4) is 0 Å². The molecular weight excluding hydrogens is 294 g/mol. The first-order chi connectivity index (χ1) is 11.2. The number of rotatable bonds is 6. The summed E-state index contributed by atoms with van der Waals surface area (Å²) in [6.45, 7) is 8.70. The minimum Gasteiger partial charge on any atom is -0.339 e. The van der Waals surface area contributed by atoms with Gasteiger partial charge in [0.25, 0.3) is 0 Å². The number of piperazine rings is 1. The van der Waals surface area contributed by atoms with Gasteiger partial charge in [-0.2, -0.15) is 5.10 Å². The third-order valence-corrected chi connectivity index (χ3v) is 4.27. The maximum absolute atomic E-state index is 12.3. The van der Waals surface area contributed by atoms with Gasteiger partial charge in [-0.25, -0.2) is 4.79 Å². The summed E-state index contributed by atoms with van der Waals surface area (Å²) in [5.41, 5.74) is 0. The van der Waals surface area contributed by atoms with Gasteiger partial charge in [-0.15, -0.1) is 0 Å². The van der Waals surface area contributed by atoms with Crippen LogP contribution in [0.5, 0.6) is 0 Å². The predicted molar refractivity (Wildman–Crippen MR) is 87.9 cm³/mol. The third kappa shape index (κ3) is 4.71. The van der Waals surface area contributed by atoms with E-state index in [2.05, 4.69) is 5.10 Å². The SMILES string of the molecule is CCN(CC)C(=O)N1CCN(C(=O)CCCn2cccn2)CC1. The monoisotopic (exact) mass is 321 g/mol. The van der Waals surface area contributed by atoms with E-state index in [4.69, 9.17) is 0 Å². The molecule has 128 valence electrons. The summed E-state index contributed by atoms with van der Waals surface area (Å²) in [6, 6.07) is 1.97. The number of amides is 3. The number of hydrogen-bond donors (Lipinski definition) is 0. The molecule has 0 atom stereocenters. The van der Waals surface area contributed by atoms with Gasteiger partial charge in [0.05, 0.1) is 0 Å². The van der Waals surface area contributed by atoms with E-state index >= 15 is 0 Å². The fourth-order valence-electron chi connectivity index (χ4n) is 2.82. The molecule has 0 aliphatic carbocycles. The van der Waals surface area contributed by atoms with Gasteiger partial charge < -0.3 is 14.7 Å².